The lowest BCUT2D eigenvalue weighted by atomic mass is 10.2. The van der Waals surface area contributed by atoms with Crippen molar-refractivity contribution >= 4 is 16.8 Å². The molecule has 5 nitrogen and oxygen atoms in total. The number of alkyl halides is 3. The molecule has 2 aromatic rings. The molecule has 0 atom stereocenters. The lowest BCUT2D eigenvalue weighted by Gasteiger charge is -2.22. The maximum atomic E-state index is 12.6. The highest BCUT2D eigenvalue weighted by molar-refractivity contribution is 5.95. The van der Waals surface area contributed by atoms with E-state index in [0.717, 1.165) is 0 Å². The van der Waals surface area contributed by atoms with E-state index in [-0.39, 0.29) is 11.9 Å². The number of nitrogens with zero attached hydrogens (tertiary/aromatic N) is 2. The van der Waals surface area contributed by atoms with Crippen LogP contribution < -0.4 is 5.43 Å². The summed E-state index contributed by atoms with van der Waals surface area (Å²) in [6.45, 7) is 0.134. The molecule has 1 aromatic carbocycles. The molecule has 22 heavy (non-hydrogen) atoms. The summed E-state index contributed by atoms with van der Waals surface area (Å²) in [7, 11) is 0. The SMILES string of the molecule is CCCN(CC(F)(F)F)C(=O)c1n[nH]c2ccccc2c1=O. The minimum atomic E-state index is -4.53. The number of aromatic amines is 1. The summed E-state index contributed by atoms with van der Waals surface area (Å²) in [6.07, 6.45) is -4.19. The van der Waals surface area contributed by atoms with Gasteiger partial charge in [0.15, 0.2) is 5.69 Å². The summed E-state index contributed by atoms with van der Waals surface area (Å²) in [5.74, 6) is -1.02. The van der Waals surface area contributed by atoms with Crippen LogP contribution in [0.2, 0.25) is 0 Å². The van der Waals surface area contributed by atoms with Gasteiger partial charge in [0, 0.05) is 11.9 Å². The lowest BCUT2D eigenvalue weighted by Crippen LogP contribution is -2.41. The van der Waals surface area contributed by atoms with E-state index in [4.69, 9.17) is 0 Å². The fourth-order valence-electron chi connectivity index (χ4n) is 2.11. The Labute approximate surface area is 123 Å². The molecule has 0 aliphatic carbocycles. The first kappa shape index (κ1) is 16.0. The van der Waals surface area contributed by atoms with Crippen molar-refractivity contribution in [1.29, 1.82) is 0 Å². The zero-order chi connectivity index (χ0) is 16.3. The van der Waals surface area contributed by atoms with Gasteiger partial charge in [0.1, 0.15) is 6.54 Å². The fraction of sp³-hybridized carbons (Fsp3) is 0.357. The molecule has 0 fully saturated rings. The van der Waals surface area contributed by atoms with Gasteiger partial charge in [-0.25, -0.2) is 0 Å². The molecule has 0 radical (unpaired) electrons. The van der Waals surface area contributed by atoms with Gasteiger partial charge in [-0.3, -0.25) is 14.7 Å². The van der Waals surface area contributed by atoms with Crippen LogP contribution in [-0.4, -0.2) is 40.3 Å². The Balaban J connectivity index is 2.42. The largest absolute Gasteiger partial charge is 0.406 e. The second kappa shape index (κ2) is 6.17. The van der Waals surface area contributed by atoms with Crippen molar-refractivity contribution in [2.24, 2.45) is 0 Å². The number of carbonyl (C=O) groups is 1. The molecule has 0 aliphatic heterocycles. The highest BCUT2D eigenvalue weighted by Gasteiger charge is 2.34. The van der Waals surface area contributed by atoms with Crippen molar-refractivity contribution in [1.82, 2.24) is 15.1 Å². The van der Waals surface area contributed by atoms with Gasteiger partial charge in [-0.15, -0.1) is 0 Å². The zero-order valence-electron chi connectivity index (χ0n) is 11.8. The molecule has 0 spiro atoms. The summed E-state index contributed by atoms with van der Waals surface area (Å²) in [4.78, 5) is 25.0. The number of hydrogen-bond donors (Lipinski definition) is 1. The van der Waals surface area contributed by atoms with Gasteiger partial charge in [-0.2, -0.15) is 18.3 Å². The average molecular weight is 313 g/mol. The fourth-order valence-corrected chi connectivity index (χ4v) is 2.11. The molecule has 1 amide bonds. The van der Waals surface area contributed by atoms with E-state index in [2.05, 4.69) is 10.2 Å². The quantitative estimate of drug-likeness (QED) is 0.942. The Morgan fingerprint density at radius 1 is 1.32 bits per heavy atom. The molecule has 2 rings (SSSR count). The molecule has 0 saturated heterocycles. The van der Waals surface area contributed by atoms with Crippen molar-refractivity contribution in [2.45, 2.75) is 19.5 Å². The number of halogens is 3. The molecule has 1 heterocycles. The summed E-state index contributed by atoms with van der Waals surface area (Å²) in [6, 6.07) is 6.36. The molecule has 0 saturated carbocycles. The van der Waals surface area contributed by atoms with Crippen LogP contribution in [0.5, 0.6) is 0 Å². The predicted octanol–water partition coefficient (Wildman–Crippen LogP) is 2.34. The van der Waals surface area contributed by atoms with Crippen LogP contribution in [0.4, 0.5) is 13.2 Å². The maximum absolute atomic E-state index is 12.6. The predicted molar refractivity (Wildman–Crippen MR) is 74.6 cm³/mol. The minimum absolute atomic E-state index is 0.105. The van der Waals surface area contributed by atoms with Crippen LogP contribution in [-0.2, 0) is 0 Å². The van der Waals surface area contributed by atoms with Crippen LogP contribution in [0.25, 0.3) is 10.9 Å². The highest BCUT2D eigenvalue weighted by atomic mass is 19.4. The van der Waals surface area contributed by atoms with Crippen molar-refractivity contribution < 1.29 is 18.0 Å². The van der Waals surface area contributed by atoms with Gasteiger partial charge >= 0.3 is 6.18 Å². The Hall–Kier alpha value is -2.38. The molecular weight excluding hydrogens is 299 g/mol. The lowest BCUT2D eigenvalue weighted by molar-refractivity contribution is -0.140. The Morgan fingerprint density at radius 3 is 2.64 bits per heavy atom. The third-order valence-corrected chi connectivity index (χ3v) is 3.03. The first-order chi connectivity index (χ1) is 10.3. The van der Waals surface area contributed by atoms with Crippen molar-refractivity contribution in [3.63, 3.8) is 0 Å². The molecular formula is C14H14F3N3O2. The third kappa shape index (κ3) is 3.44. The van der Waals surface area contributed by atoms with E-state index in [1.807, 2.05) is 0 Å². The Bertz CT molecular complexity index is 740. The van der Waals surface area contributed by atoms with E-state index in [1.54, 1.807) is 25.1 Å². The zero-order valence-corrected chi connectivity index (χ0v) is 11.8. The normalized spacial score (nSPS) is 11.6. The van der Waals surface area contributed by atoms with Gasteiger partial charge in [0.05, 0.1) is 5.52 Å². The number of H-pyrrole nitrogens is 1. The number of fused-ring (bicyclic) bond motifs is 1. The number of para-hydroxylation sites is 1. The Kier molecular flexibility index (Phi) is 4.48. The average Bonchev–Trinajstić information content (AvgIpc) is 2.45. The number of hydrogen-bond acceptors (Lipinski definition) is 3. The van der Waals surface area contributed by atoms with Crippen LogP contribution in [0.15, 0.2) is 29.1 Å². The number of nitrogens with one attached hydrogen (secondary N) is 1. The van der Waals surface area contributed by atoms with E-state index >= 15 is 0 Å². The number of carbonyl (C=O) groups excluding carboxylic acids is 1. The van der Waals surface area contributed by atoms with Crippen molar-refractivity contribution in [2.75, 3.05) is 13.1 Å². The molecule has 1 aromatic heterocycles. The highest BCUT2D eigenvalue weighted by Crippen LogP contribution is 2.18. The van der Waals surface area contributed by atoms with E-state index in [0.29, 0.717) is 16.8 Å². The molecule has 0 bridgehead atoms. The third-order valence-electron chi connectivity index (χ3n) is 3.03. The maximum Gasteiger partial charge on any atom is 0.406 e. The number of amides is 1. The molecule has 118 valence electrons. The summed E-state index contributed by atoms with van der Waals surface area (Å²) < 4.78 is 37.7. The first-order valence-corrected chi connectivity index (χ1v) is 6.67. The first-order valence-electron chi connectivity index (χ1n) is 6.67. The van der Waals surface area contributed by atoms with Crippen molar-refractivity contribution in [3.8, 4) is 0 Å². The van der Waals surface area contributed by atoms with Gasteiger partial charge in [-0.1, -0.05) is 19.1 Å². The standard InChI is InChI=1S/C14H14F3N3O2/c1-2-7-20(8-14(15,16)17)13(22)11-12(21)9-5-3-4-6-10(9)18-19-11/h3-6H,2,7-8H2,1H3,(H,18,21). The molecule has 0 unspecified atom stereocenters. The van der Waals surface area contributed by atoms with Crippen LogP contribution in [0.1, 0.15) is 23.8 Å². The van der Waals surface area contributed by atoms with Gasteiger partial charge in [0.2, 0.25) is 5.43 Å². The minimum Gasteiger partial charge on any atom is -0.328 e. The van der Waals surface area contributed by atoms with E-state index < -0.39 is 29.8 Å². The summed E-state index contributed by atoms with van der Waals surface area (Å²) in [5, 5.41) is 6.38. The van der Waals surface area contributed by atoms with E-state index in [1.165, 1.54) is 6.07 Å². The summed E-state index contributed by atoms with van der Waals surface area (Å²) in [5.41, 5.74) is -0.791. The second-order valence-corrected chi connectivity index (χ2v) is 4.79. The molecule has 8 heteroatoms. The summed E-state index contributed by atoms with van der Waals surface area (Å²) >= 11 is 0. The van der Waals surface area contributed by atoms with Crippen LogP contribution in [0, 0.1) is 0 Å². The monoisotopic (exact) mass is 313 g/mol. The van der Waals surface area contributed by atoms with Gasteiger partial charge < -0.3 is 4.90 Å². The van der Waals surface area contributed by atoms with Crippen molar-refractivity contribution in [3.05, 3.63) is 40.2 Å². The van der Waals surface area contributed by atoms with E-state index in [9.17, 15) is 22.8 Å². The number of benzene rings is 1. The second-order valence-electron chi connectivity index (χ2n) is 4.79. The molecule has 0 aliphatic rings. The Morgan fingerprint density at radius 2 is 2.00 bits per heavy atom. The topological polar surface area (TPSA) is 66.1 Å². The van der Waals surface area contributed by atoms with Crippen LogP contribution >= 0.6 is 0 Å². The number of aromatic nitrogens is 2. The van der Waals surface area contributed by atoms with Gasteiger partial charge in [0.25, 0.3) is 5.91 Å². The van der Waals surface area contributed by atoms with Gasteiger partial charge in [-0.05, 0) is 18.6 Å². The smallest absolute Gasteiger partial charge is 0.328 e. The number of rotatable bonds is 4. The van der Waals surface area contributed by atoms with Crippen LogP contribution in [0.3, 0.4) is 0 Å². The molecule has 1 N–H and O–H groups in total.